The molecular formula is C12H14INO3S2. The lowest BCUT2D eigenvalue weighted by Gasteiger charge is -2.08. The van der Waals surface area contributed by atoms with Gasteiger partial charge in [0.15, 0.2) is 9.84 Å². The number of anilines is 1. The predicted octanol–water partition coefficient (Wildman–Crippen LogP) is 2.15. The average Bonchev–Trinajstić information content (AvgIpc) is 2.69. The number of halogens is 1. The van der Waals surface area contributed by atoms with E-state index in [0.29, 0.717) is 12.2 Å². The summed E-state index contributed by atoms with van der Waals surface area (Å²) < 4.78 is 23.7. The molecule has 1 N–H and O–H groups in total. The Bertz CT molecular complexity index is 557. The first kappa shape index (κ1) is 15.1. The molecule has 1 fully saturated rings. The third kappa shape index (κ3) is 4.96. The van der Waals surface area contributed by atoms with Gasteiger partial charge in [-0.15, -0.1) is 11.8 Å². The highest BCUT2D eigenvalue weighted by Gasteiger charge is 2.28. The van der Waals surface area contributed by atoms with Gasteiger partial charge in [0, 0.05) is 14.5 Å². The topological polar surface area (TPSA) is 63.2 Å². The van der Waals surface area contributed by atoms with Crippen LogP contribution >= 0.6 is 34.4 Å². The number of hydrogen-bond acceptors (Lipinski definition) is 4. The molecule has 0 radical (unpaired) electrons. The number of hydrogen-bond donors (Lipinski definition) is 1. The molecule has 1 aromatic rings. The molecule has 1 aliphatic heterocycles. The van der Waals surface area contributed by atoms with Crippen LogP contribution in [0.1, 0.15) is 6.42 Å². The fourth-order valence-electron chi connectivity index (χ4n) is 1.82. The van der Waals surface area contributed by atoms with Crippen molar-refractivity contribution in [3.8, 4) is 0 Å². The molecule has 1 amide bonds. The molecule has 104 valence electrons. The Hall–Kier alpha value is -0.280. The second-order valence-electron chi connectivity index (χ2n) is 4.39. The van der Waals surface area contributed by atoms with Crippen molar-refractivity contribution in [1.29, 1.82) is 0 Å². The van der Waals surface area contributed by atoms with Gasteiger partial charge in [-0.1, -0.05) is 0 Å². The van der Waals surface area contributed by atoms with Crippen molar-refractivity contribution in [3.63, 3.8) is 0 Å². The fourth-order valence-corrected chi connectivity index (χ4v) is 5.62. The minimum absolute atomic E-state index is 0.0625. The summed E-state index contributed by atoms with van der Waals surface area (Å²) in [6.07, 6.45) is 0.657. The summed E-state index contributed by atoms with van der Waals surface area (Å²) >= 11 is 3.63. The van der Waals surface area contributed by atoms with Gasteiger partial charge in [-0.25, -0.2) is 8.42 Å². The number of carbonyl (C=O) groups is 1. The third-order valence-corrected chi connectivity index (χ3v) is 6.77. The van der Waals surface area contributed by atoms with Gasteiger partial charge in [-0.2, -0.15) is 0 Å². The highest BCUT2D eigenvalue weighted by atomic mass is 127. The average molecular weight is 411 g/mol. The van der Waals surface area contributed by atoms with Gasteiger partial charge >= 0.3 is 0 Å². The van der Waals surface area contributed by atoms with Crippen LogP contribution in [0.5, 0.6) is 0 Å². The van der Waals surface area contributed by atoms with Crippen molar-refractivity contribution in [2.45, 2.75) is 11.7 Å². The Morgan fingerprint density at radius 3 is 2.63 bits per heavy atom. The second-order valence-corrected chi connectivity index (χ2v) is 9.15. The number of benzene rings is 1. The van der Waals surface area contributed by atoms with E-state index in [0.717, 1.165) is 9.26 Å². The molecule has 1 heterocycles. The van der Waals surface area contributed by atoms with Crippen molar-refractivity contribution < 1.29 is 13.2 Å². The van der Waals surface area contributed by atoms with E-state index in [9.17, 15) is 13.2 Å². The monoisotopic (exact) mass is 411 g/mol. The van der Waals surface area contributed by atoms with Crippen LogP contribution in [-0.2, 0) is 14.6 Å². The Labute approximate surface area is 130 Å². The van der Waals surface area contributed by atoms with E-state index in [-0.39, 0.29) is 22.7 Å². The highest BCUT2D eigenvalue weighted by Crippen LogP contribution is 2.24. The van der Waals surface area contributed by atoms with E-state index in [1.54, 1.807) is 0 Å². The molecule has 0 aliphatic carbocycles. The maximum absolute atomic E-state index is 11.7. The number of nitrogens with one attached hydrogen (secondary N) is 1. The van der Waals surface area contributed by atoms with Gasteiger partial charge in [-0.05, 0) is 53.3 Å². The molecule has 1 aliphatic rings. The molecule has 7 heteroatoms. The largest absolute Gasteiger partial charge is 0.325 e. The molecule has 0 unspecified atom stereocenters. The van der Waals surface area contributed by atoms with Gasteiger partial charge in [0.2, 0.25) is 5.91 Å². The van der Waals surface area contributed by atoms with Crippen LogP contribution < -0.4 is 5.32 Å². The third-order valence-electron chi connectivity index (χ3n) is 2.77. The summed E-state index contributed by atoms with van der Waals surface area (Å²) in [6.45, 7) is 0. The van der Waals surface area contributed by atoms with Crippen LogP contribution in [0.2, 0.25) is 0 Å². The Morgan fingerprint density at radius 1 is 1.37 bits per heavy atom. The van der Waals surface area contributed by atoms with Crippen molar-refractivity contribution in [2.24, 2.45) is 0 Å². The van der Waals surface area contributed by atoms with Crippen LogP contribution in [0.3, 0.4) is 0 Å². The number of rotatable bonds is 4. The molecule has 1 atom stereocenters. The molecule has 0 saturated carbocycles. The van der Waals surface area contributed by atoms with Crippen LogP contribution in [0.15, 0.2) is 24.3 Å². The zero-order valence-electron chi connectivity index (χ0n) is 10.1. The normalized spacial score (nSPS) is 21.2. The standard InChI is InChI=1S/C12H14INO3S2/c13-9-1-3-10(4-2-9)14-12(15)7-18-11-5-6-19(16,17)8-11/h1-4,11H,5-8H2,(H,14,15)/t11-/m0/s1. The van der Waals surface area contributed by atoms with E-state index < -0.39 is 9.84 Å². The van der Waals surface area contributed by atoms with Crippen molar-refractivity contribution in [1.82, 2.24) is 0 Å². The van der Waals surface area contributed by atoms with Gasteiger partial charge in [0.05, 0.1) is 17.3 Å². The first-order valence-corrected chi connectivity index (χ1v) is 9.77. The quantitative estimate of drug-likeness (QED) is 0.772. The van der Waals surface area contributed by atoms with E-state index >= 15 is 0 Å². The van der Waals surface area contributed by atoms with Crippen LogP contribution in [0.4, 0.5) is 5.69 Å². The summed E-state index contributed by atoms with van der Waals surface area (Å²) in [6, 6.07) is 7.55. The molecule has 2 rings (SSSR count). The van der Waals surface area contributed by atoms with E-state index in [2.05, 4.69) is 27.9 Å². The number of carbonyl (C=O) groups excluding carboxylic acids is 1. The summed E-state index contributed by atoms with van der Waals surface area (Å²) in [5.74, 6) is 0.667. The van der Waals surface area contributed by atoms with Crippen LogP contribution in [0, 0.1) is 3.57 Å². The molecular weight excluding hydrogens is 397 g/mol. The first-order chi connectivity index (χ1) is 8.94. The van der Waals surface area contributed by atoms with E-state index in [4.69, 9.17) is 0 Å². The smallest absolute Gasteiger partial charge is 0.234 e. The first-order valence-electron chi connectivity index (χ1n) is 5.82. The van der Waals surface area contributed by atoms with Gasteiger partial charge in [0.25, 0.3) is 0 Å². The molecule has 4 nitrogen and oxygen atoms in total. The molecule has 19 heavy (non-hydrogen) atoms. The lowest BCUT2D eigenvalue weighted by molar-refractivity contribution is -0.113. The van der Waals surface area contributed by atoms with Gasteiger partial charge in [0.1, 0.15) is 0 Å². The SMILES string of the molecule is O=C(CS[C@H]1CCS(=O)(=O)C1)Nc1ccc(I)cc1. The highest BCUT2D eigenvalue weighted by molar-refractivity contribution is 14.1. The Morgan fingerprint density at radius 2 is 2.05 bits per heavy atom. The van der Waals surface area contributed by atoms with Gasteiger partial charge < -0.3 is 5.32 Å². The Balaban J connectivity index is 1.78. The molecule has 1 saturated heterocycles. The summed E-state index contributed by atoms with van der Waals surface area (Å²) in [4.78, 5) is 11.7. The van der Waals surface area contributed by atoms with E-state index in [1.807, 2.05) is 24.3 Å². The van der Waals surface area contributed by atoms with Crippen LogP contribution in [0.25, 0.3) is 0 Å². The fraction of sp³-hybridized carbons (Fsp3) is 0.417. The van der Waals surface area contributed by atoms with Crippen molar-refractivity contribution in [3.05, 3.63) is 27.8 Å². The molecule has 0 aromatic heterocycles. The summed E-state index contributed by atoms with van der Waals surface area (Å²) in [7, 11) is -2.86. The molecule has 0 spiro atoms. The zero-order valence-corrected chi connectivity index (χ0v) is 13.9. The molecule has 0 bridgehead atoms. The maximum Gasteiger partial charge on any atom is 0.234 e. The zero-order chi connectivity index (χ0) is 13.9. The number of amides is 1. The lowest BCUT2D eigenvalue weighted by Crippen LogP contribution is -2.17. The number of thioether (sulfide) groups is 1. The summed E-state index contributed by atoms with van der Waals surface area (Å²) in [5, 5.41) is 2.86. The Kier molecular flexibility index (Phi) is 5.13. The lowest BCUT2D eigenvalue weighted by atomic mass is 10.3. The van der Waals surface area contributed by atoms with Crippen LogP contribution in [-0.4, -0.2) is 36.8 Å². The van der Waals surface area contributed by atoms with Crippen molar-refractivity contribution in [2.75, 3.05) is 22.6 Å². The molecule has 1 aromatic carbocycles. The predicted molar refractivity (Wildman–Crippen MR) is 87.3 cm³/mol. The van der Waals surface area contributed by atoms with E-state index in [1.165, 1.54) is 11.8 Å². The minimum atomic E-state index is -2.86. The summed E-state index contributed by atoms with van der Waals surface area (Å²) in [5.41, 5.74) is 0.769. The second kappa shape index (κ2) is 6.45. The maximum atomic E-state index is 11.7. The minimum Gasteiger partial charge on any atom is -0.325 e. The van der Waals surface area contributed by atoms with Gasteiger partial charge in [-0.3, -0.25) is 4.79 Å². The number of sulfone groups is 1. The van der Waals surface area contributed by atoms with Crippen molar-refractivity contribution >= 4 is 55.8 Å².